The highest BCUT2D eigenvalue weighted by Crippen LogP contribution is 2.27. The molecule has 0 saturated carbocycles. The zero-order chi connectivity index (χ0) is 23.3. The molecule has 7 nitrogen and oxygen atoms in total. The molecule has 0 aliphatic heterocycles. The van der Waals surface area contributed by atoms with E-state index in [0.717, 1.165) is 17.0 Å². The van der Waals surface area contributed by atoms with Crippen molar-refractivity contribution >= 4 is 38.1 Å². The summed E-state index contributed by atoms with van der Waals surface area (Å²) in [4.78, 5) is 17.2. The van der Waals surface area contributed by atoms with Crippen molar-refractivity contribution in [1.82, 2.24) is 4.98 Å². The maximum atomic E-state index is 12.6. The number of sulfonamides is 1. The minimum absolute atomic E-state index is 0.166. The van der Waals surface area contributed by atoms with Gasteiger partial charge >= 0.3 is 0 Å². The molecule has 0 fully saturated rings. The first-order valence-electron chi connectivity index (χ1n) is 10.1. The predicted octanol–water partition coefficient (Wildman–Crippen LogP) is 5.26. The van der Waals surface area contributed by atoms with E-state index in [-0.39, 0.29) is 10.8 Å². The highest BCUT2D eigenvalue weighted by molar-refractivity contribution is 7.92. The minimum Gasteiger partial charge on any atom is -0.494 e. The fourth-order valence-corrected chi connectivity index (χ4v) is 4.82. The van der Waals surface area contributed by atoms with Crippen LogP contribution in [0.2, 0.25) is 0 Å². The molecule has 4 aromatic rings. The number of carbonyl (C=O) groups excluding carboxylic acids is 1. The Morgan fingerprint density at radius 1 is 0.970 bits per heavy atom. The molecule has 0 bridgehead atoms. The molecule has 0 spiro atoms. The van der Waals surface area contributed by atoms with Gasteiger partial charge in [-0.15, -0.1) is 11.3 Å². The second kappa shape index (κ2) is 9.85. The van der Waals surface area contributed by atoms with Crippen molar-refractivity contribution in [1.29, 1.82) is 0 Å². The molecule has 3 aromatic carbocycles. The lowest BCUT2D eigenvalue weighted by atomic mass is 10.2. The second-order valence-corrected chi connectivity index (χ2v) is 9.49. The third kappa shape index (κ3) is 5.57. The van der Waals surface area contributed by atoms with Crippen molar-refractivity contribution in [3.63, 3.8) is 0 Å². The van der Waals surface area contributed by atoms with Crippen LogP contribution in [0.25, 0.3) is 11.3 Å². The van der Waals surface area contributed by atoms with Gasteiger partial charge in [-0.3, -0.25) is 14.8 Å². The maximum Gasteiger partial charge on any atom is 0.261 e. The lowest BCUT2D eigenvalue weighted by Crippen LogP contribution is -2.14. The molecule has 0 radical (unpaired) electrons. The molecule has 0 unspecified atom stereocenters. The summed E-state index contributed by atoms with van der Waals surface area (Å²) in [7, 11) is -3.69. The van der Waals surface area contributed by atoms with Gasteiger partial charge in [0.15, 0.2) is 5.13 Å². The van der Waals surface area contributed by atoms with E-state index in [1.165, 1.54) is 23.5 Å². The third-order valence-electron chi connectivity index (χ3n) is 4.64. The molecule has 1 amide bonds. The van der Waals surface area contributed by atoms with Gasteiger partial charge in [0.25, 0.3) is 15.9 Å². The Morgan fingerprint density at radius 3 is 2.33 bits per heavy atom. The monoisotopic (exact) mass is 479 g/mol. The number of thiazole rings is 1. The zero-order valence-corrected chi connectivity index (χ0v) is 19.3. The van der Waals surface area contributed by atoms with Gasteiger partial charge in [0.05, 0.1) is 17.2 Å². The molecular formula is C24H21N3O4S2. The van der Waals surface area contributed by atoms with Crippen LogP contribution in [0.1, 0.15) is 17.3 Å². The lowest BCUT2D eigenvalue weighted by Gasteiger charge is -2.08. The summed E-state index contributed by atoms with van der Waals surface area (Å²) in [5.41, 5.74) is 2.42. The van der Waals surface area contributed by atoms with Crippen LogP contribution in [0.4, 0.5) is 10.8 Å². The number of aromatic nitrogens is 1. The quantitative estimate of drug-likeness (QED) is 0.359. The molecule has 1 heterocycles. The number of hydrogen-bond acceptors (Lipinski definition) is 6. The van der Waals surface area contributed by atoms with Crippen LogP contribution in [-0.2, 0) is 10.0 Å². The number of nitrogens with zero attached hydrogens (tertiary/aromatic N) is 1. The van der Waals surface area contributed by atoms with Crippen LogP contribution in [0.15, 0.2) is 89.1 Å². The summed E-state index contributed by atoms with van der Waals surface area (Å²) in [6, 6.07) is 21.9. The maximum absolute atomic E-state index is 12.6. The number of carbonyl (C=O) groups is 1. The first-order chi connectivity index (χ1) is 15.9. The number of anilines is 2. The Morgan fingerprint density at radius 2 is 1.67 bits per heavy atom. The van der Waals surface area contributed by atoms with Gasteiger partial charge in [-0.2, -0.15) is 0 Å². The molecule has 168 valence electrons. The average Bonchev–Trinajstić information content (AvgIpc) is 3.29. The summed E-state index contributed by atoms with van der Waals surface area (Å²) in [5.74, 6) is 0.458. The summed E-state index contributed by atoms with van der Waals surface area (Å²) in [6.07, 6.45) is 0. The molecule has 0 aliphatic rings. The van der Waals surface area contributed by atoms with E-state index in [2.05, 4.69) is 15.0 Å². The summed E-state index contributed by atoms with van der Waals surface area (Å²) in [6.45, 7) is 2.53. The lowest BCUT2D eigenvalue weighted by molar-refractivity contribution is 0.102. The normalized spacial score (nSPS) is 11.1. The fourth-order valence-electron chi connectivity index (χ4n) is 3.02. The van der Waals surface area contributed by atoms with Crippen molar-refractivity contribution in [2.45, 2.75) is 11.8 Å². The molecule has 33 heavy (non-hydrogen) atoms. The molecule has 4 rings (SSSR count). The molecule has 9 heteroatoms. The summed E-state index contributed by atoms with van der Waals surface area (Å²) in [5, 5.41) is 5.12. The molecule has 1 aromatic heterocycles. The van der Waals surface area contributed by atoms with E-state index in [1.54, 1.807) is 42.5 Å². The third-order valence-corrected chi connectivity index (χ3v) is 6.79. The highest BCUT2D eigenvalue weighted by atomic mass is 32.2. The van der Waals surface area contributed by atoms with Crippen LogP contribution < -0.4 is 14.8 Å². The Bertz CT molecular complexity index is 1330. The van der Waals surface area contributed by atoms with Gasteiger partial charge in [-0.25, -0.2) is 13.4 Å². The Balaban J connectivity index is 1.40. The number of hydrogen-bond donors (Lipinski definition) is 2. The number of amides is 1. The first kappa shape index (κ1) is 22.5. The first-order valence-corrected chi connectivity index (χ1v) is 12.5. The SMILES string of the molecule is CCOc1ccc(-c2csc(NC(=O)c3ccc(NS(=O)(=O)c4ccccc4)cc3)n2)cc1. The van der Waals surface area contributed by atoms with Crippen LogP contribution in [0.3, 0.4) is 0 Å². The smallest absolute Gasteiger partial charge is 0.261 e. The van der Waals surface area contributed by atoms with E-state index in [9.17, 15) is 13.2 Å². The number of rotatable bonds is 8. The van der Waals surface area contributed by atoms with Crippen molar-refractivity contribution < 1.29 is 17.9 Å². The van der Waals surface area contributed by atoms with Crippen molar-refractivity contribution in [2.24, 2.45) is 0 Å². The second-order valence-electron chi connectivity index (χ2n) is 6.95. The van der Waals surface area contributed by atoms with Gasteiger partial charge < -0.3 is 4.74 Å². The number of ether oxygens (including phenoxy) is 1. The van der Waals surface area contributed by atoms with E-state index in [0.29, 0.717) is 23.0 Å². The largest absolute Gasteiger partial charge is 0.494 e. The van der Waals surface area contributed by atoms with Gasteiger partial charge in [-0.1, -0.05) is 18.2 Å². The van der Waals surface area contributed by atoms with Gasteiger partial charge in [0, 0.05) is 22.2 Å². The fraction of sp³-hybridized carbons (Fsp3) is 0.0833. The molecule has 0 atom stereocenters. The van der Waals surface area contributed by atoms with Crippen LogP contribution in [-0.4, -0.2) is 25.9 Å². The minimum atomic E-state index is -3.69. The Kier molecular flexibility index (Phi) is 6.71. The molecule has 0 saturated heterocycles. The topological polar surface area (TPSA) is 97.4 Å². The number of benzene rings is 3. The van der Waals surface area contributed by atoms with E-state index in [4.69, 9.17) is 4.74 Å². The van der Waals surface area contributed by atoms with Crippen LogP contribution >= 0.6 is 11.3 Å². The van der Waals surface area contributed by atoms with Crippen LogP contribution in [0.5, 0.6) is 5.75 Å². The highest BCUT2D eigenvalue weighted by Gasteiger charge is 2.14. The van der Waals surface area contributed by atoms with E-state index < -0.39 is 10.0 Å². The van der Waals surface area contributed by atoms with Crippen molar-refractivity contribution in [2.75, 3.05) is 16.6 Å². The zero-order valence-electron chi connectivity index (χ0n) is 17.7. The van der Waals surface area contributed by atoms with Crippen molar-refractivity contribution in [3.8, 4) is 17.0 Å². The van der Waals surface area contributed by atoms with Gasteiger partial charge in [0.2, 0.25) is 0 Å². The summed E-state index contributed by atoms with van der Waals surface area (Å²) < 4.78 is 32.8. The Hall–Kier alpha value is -3.69. The molecule has 2 N–H and O–H groups in total. The molecule has 0 aliphatic carbocycles. The van der Waals surface area contributed by atoms with Crippen molar-refractivity contribution in [3.05, 3.63) is 89.8 Å². The molecular weight excluding hydrogens is 458 g/mol. The standard InChI is InChI=1S/C24H21N3O4S2/c1-2-31-20-14-10-17(11-15-20)22-16-32-24(25-22)26-23(28)18-8-12-19(13-9-18)27-33(29,30)21-6-4-3-5-7-21/h3-16,27H,2H2,1H3,(H,25,26,28). The van der Waals surface area contributed by atoms with E-state index >= 15 is 0 Å². The van der Waals surface area contributed by atoms with Crippen LogP contribution in [0, 0.1) is 0 Å². The predicted molar refractivity (Wildman–Crippen MR) is 130 cm³/mol. The summed E-state index contributed by atoms with van der Waals surface area (Å²) >= 11 is 1.32. The van der Waals surface area contributed by atoms with Gasteiger partial charge in [-0.05, 0) is 67.6 Å². The van der Waals surface area contributed by atoms with E-state index in [1.807, 2.05) is 36.6 Å². The Labute approximate surface area is 196 Å². The average molecular weight is 480 g/mol. The number of nitrogens with one attached hydrogen (secondary N) is 2. The van der Waals surface area contributed by atoms with Gasteiger partial charge in [0.1, 0.15) is 5.75 Å².